The molecule has 0 heterocycles. The lowest BCUT2D eigenvalue weighted by Gasteiger charge is -2.12. The van der Waals surface area contributed by atoms with Crippen LogP contribution in [0.3, 0.4) is 0 Å². The van der Waals surface area contributed by atoms with E-state index in [2.05, 4.69) is 0 Å². The van der Waals surface area contributed by atoms with Crippen molar-refractivity contribution in [1.29, 1.82) is 0 Å². The van der Waals surface area contributed by atoms with E-state index in [1.54, 1.807) is 0 Å². The minimum atomic E-state index is -0.382. The van der Waals surface area contributed by atoms with Gasteiger partial charge in [0.25, 0.3) is 0 Å². The van der Waals surface area contributed by atoms with Crippen LogP contribution in [0.5, 0.6) is 5.75 Å². The molecule has 0 aromatic heterocycles. The lowest BCUT2D eigenvalue weighted by atomic mass is 10.1. The molecular weight excluding hydrogens is 218 g/mol. The van der Waals surface area contributed by atoms with Crippen molar-refractivity contribution in [2.24, 2.45) is 11.1 Å². The van der Waals surface area contributed by atoms with Crippen LogP contribution >= 0.6 is 0 Å². The molecule has 4 heteroatoms. The third-order valence-electron chi connectivity index (χ3n) is 3.01. The first-order chi connectivity index (χ1) is 8.27. The molecule has 2 N–H and O–H groups in total. The third kappa shape index (κ3) is 2.97. The van der Waals surface area contributed by atoms with E-state index in [0.29, 0.717) is 13.2 Å². The van der Waals surface area contributed by atoms with Crippen LogP contribution in [0.2, 0.25) is 0 Å². The number of para-hydroxylation sites is 1. The van der Waals surface area contributed by atoms with Gasteiger partial charge in [0.15, 0.2) is 0 Å². The van der Waals surface area contributed by atoms with Crippen LogP contribution in [0, 0.1) is 5.41 Å². The summed E-state index contributed by atoms with van der Waals surface area (Å²) in [5.41, 5.74) is 5.15. The van der Waals surface area contributed by atoms with E-state index < -0.39 is 0 Å². The van der Waals surface area contributed by atoms with E-state index in [4.69, 9.17) is 15.2 Å². The van der Waals surface area contributed by atoms with Crippen molar-refractivity contribution in [1.82, 2.24) is 0 Å². The maximum absolute atomic E-state index is 11.6. The second-order valence-corrected chi connectivity index (χ2v) is 4.28. The monoisotopic (exact) mass is 235 g/mol. The summed E-state index contributed by atoms with van der Waals surface area (Å²) in [6.45, 7) is 1.03. The van der Waals surface area contributed by atoms with Gasteiger partial charge in [-0.2, -0.15) is 0 Å². The molecule has 0 spiro atoms. The molecule has 0 atom stereocenters. The van der Waals surface area contributed by atoms with Gasteiger partial charge >= 0.3 is 5.97 Å². The van der Waals surface area contributed by atoms with Crippen molar-refractivity contribution in [3.63, 3.8) is 0 Å². The van der Waals surface area contributed by atoms with Crippen molar-refractivity contribution in [3.05, 3.63) is 30.3 Å². The van der Waals surface area contributed by atoms with Gasteiger partial charge in [0.05, 0.1) is 5.41 Å². The predicted molar refractivity (Wildman–Crippen MR) is 63.6 cm³/mol. The van der Waals surface area contributed by atoms with Crippen molar-refractivity contribution in [3.8, 4) is 5.75 Å². The van der Waals surface area contributed by atoms with Gasteiger partial charge in [-0.05, 0) is 25.0 Å². The molecule has 1 aromatic rings. The molecule has 92 valence electrons. The molecule has 0 saturated heterocycles. The van der Waals surface area contributed by atoms with Crippen molar-refractivity contribution in [2.75, 3.05) is 19.8 Å². The van der Waals surface area contributed by atoms with E-state index in [1.165, 1.54) is 0 Å². The second-order valence-electron chi connectivity index (χ2n) is 4.28. The topological polar surface area (TPSA) is 61.6 Å². The standard InChI is InChI=1S/C13H17NO3/c14-10-13(6-7-13)12(15)17-9-8-16-11-4-2-1-3-5-11/h1-5H,6-10,14H2. The Labute approximate surface area is 101 Å². The number of hydrogen-bond acceptors (Lipinski definition) is 4. The highest BCUT2D eigenvalue weighted by Gasteiger charge is 2.50. The van der Waals surface area contributed by atoms with Gasteiger partial charge < -0.3 is 15.2 Å². The summed E-state index contributed by atoms with van der Waals surface area (Å²) in [6.07, 6.45) is 1.70. The average Bonchev–Trinajstić information content (AvgIpc) is 3.17. The summed E-state index contributed by atoms with van der Waals surface area (Å²) < 4.78 is 10.6. The number of carbonyl (C=O) groups is 1. The van der Waals surface area contributed by atoms with Gasteiger partial charge in [0.1, 0.15) is 19.0 Å². The highest BCUT2D eigenvalue weighted by Crippen LogP contribution is 2.45. The summed E-state index contributed by atoms with van der Waals surface area (Å²) >= 11 is 0. The molecule has 0 bridgehead atoms. The summed E-state index contributed by atoms with van der Waals surface area (Å²) in [7, 11) is 0. The zero-order valence-electron chi connectivity index (χ0n) is 9.72. The van der Waals surface area contributed by atoms with Gasteiger partial charge in [-0.25, -0.2) is 0 Å². The van der Waals surface area contributed by atoms with E-state index >= 15 is 0 Å². The molecule has 1 aliphatic carbocycles. The Hall–Kier alpha value is -1.55. The Morgan fingerprint density at radius 1 is 1.24 bits per heavy atom. The number of rotatable bonds is 6. The number of nitrogens with two attached hydrogens (primary N) is 1. The van der Waals surface area contributed by atoms with Crippen LogP contribution < -0.4 is 10.5 Å². The Morgan fingerprint density at radius 2 is 1.94 bits per heavy atom. The molecule has 0 radical (unpaired) electrons. The predicted octanol–water partition coefficient (Wildman–Crippen LogP) is 1.35. The van der Waals surface area contributed by atoms with Crippen LogP contribution in [0.25, 0.3) is 0 Å². The molecule has 1 aromatic carbocycles. The average molecular weight is 235 g/mol. The van der Waals surface area contributed by atoms with Crippen molar-refractivity contribution < 1.29 is 14.3 Å². The highest BCUT2D eigenvalue weighted by molar-refractivity contribution is 5.80. The number of ether oxygens (including phenoxy) is 2. The zero-order chi connectivity index (χ0) is 12.1. The normalized spacial score (nSPS) is 16.3. The Morgan fingerprint density at radius 3 is 2.53 bits per heavy atom. The number of esters is 1. The second kappa shape index (κ2) is 5.19. The van der Waals surface area contributed by atoms with Crippen LogP contribution in [-0.4, -0.2) is 25.7 Å². The van der Waals surface area contributed by atoms with E-state index in [0.717, 1.165) is 18.6 Å². The Balaban J connectivity index is 1.65. The summed E-state index contributed by atoms with van der Waals surface area (Å²) in [5.74, 6) is 0.597. The van der Waals surface area contributed by atoms with Gasteiger partial charge in [-0.1, -0.05) is 18.2 Å². The molecule has 1 aliphatic rings. The summed E-state index contributed by atoms with van der Waals surface area (Å²) in [4.78, 5) is 11.6. The minimum absolute atomic E-state index is 0.184. The molecule has 0 amide bonds. The van der Waals surface area contributed by atoms with Crippen LogP contribution in [0.1, 0.15) is 12.8 Å². The zero-order valence-corrected chi connectivity index (χ0v) is 9.72. The van der Waals surface area contributed by atoms with Crippen molar-refractivity contribution >= 4 is 5.97 Å². The summed E-state index contributed by atoms with van der Waals surface area (Å²) in [6, 6.07) is 9.45. The van der Waals surface area contributed by atoms with E-state index in [9.17, 15) is 4.79 Å². The molecule has 0 unspecified atom stereocenters. The fourth-order valence-electron chi connectivity index (χ4n) is 1.61. The molecule has 4 nitrogen and oxygen atoms in total. The highest BCUT2D eigenvalue weighted by atomic mass is 16.6. The van der Waals surface area contributed by atoms with Crippen LogP contribution in [-0.2, 0) is 9.53 Å². The minimum Gasteiger partial charge on any atom is -0.490 e. The van der Waals surface area contributed by atoms with Gasteiger partial charge in [-0.3, -0.25) is 4.79 Å². The summed E-state index contributed by atoms with van der Waals surface area (Å²) in [5, 5.41) is 0. The molecular formula is C13H17NO3. The van der Waals surface area contributed by atoms with Crippen LogP contribution in [0.15, 0.2) is 30.3 Å². The molecule has 2 rings (SSSR count). The maximum atomic E-state index is 11.6. The first-order valence-corrected chi connectivity index (χ1v) is 5.82. The number of carbonyl (C=O) groups excluding carboxylic acids is 1. The maximum Gasteiger partial charge on any atom is 0.313 e. The first-order valence-electron chi connectivity index (χ1n) is 5.82. The SMILES string of the molecule is NCC1(C(=O)OCCOc2ccccc2)CC1. The molecule has 17 heavy (non-hydrogen) atoms. The van der Waals surface area contributed by atoms with Crippen molar-refractivity contribution in [2.45, 2.75) is 12.8 Å². The molecule has 1 saturated carbocycles. The largest absolute Gasteiger partial charge is 0.490 e. The fraction of sp³-hybridized carbons (Fsp3) is 0.462. The Kier molecular flexibility index (Phi) is 3.64. The molecule has 1 fully saturated rings. The molecule has 0 aliphatic heterocycles. The lowest BCUT2D eigenvalue weighted by Crippen LogP contribution is -2.28. The van der Waals surface area contributed by atoms with E-state index in [1.807, 2.05) is 30.3 Å². The smallest absolute Gasteiger partial charge is 0.313 e. The number of hydrogen-bond donors (Lipinski definition) is 1. The van der Waals surface area contributed by atoms with Crippen LogP contribution in [0.4, 0.5) is 0 Å². The van der Waals surface area contributed by atoms with Gasteiger partial charge in [0, 0.05) is 6.54 Å². The van der Waals surface area contributed by atoms with E-state index in [-0.39, 0.29) is 18.0 Å². The first kappa shape index (κ1) is 11.9. The third-order valence-corrected chi connectivity index (χ3v) is 3.01. The fourth-order valence-corrected chi connectivity index (χ4v) is 1.61. The van der Waals surface area contributed by atoms with Gasteiger partial charge in [-0.15, -0.1) is 0 Å². The Bertz CT molecular complexity index is 374. The lowest BCUT2D eigenvalue weighted by molar-refractivity contribution is -0.150. The number of benzene rings is 1. The van der Waals surface area contributed by atoms with Gasteiger partial charge in [0.2, 0.25) is 0 Å². The quantitative estimate of drug-likeness (QED) is 0.597.